The van der Waals surface area contributed by atoms with Crippen molar-refractivity contribution in [2.24, 2.45) is 0 Å². The van der Waals surface area contributed by atoms with Gasteiger partial charge in [-0.1, -0.05) is 23.9 Å². The van der Waals surface area contributed by atoms with E-state index >= 15 is 0 Å². The van der Waals surface area contributed by atoms with Gasteiger partial charge in [-0.05, 0) is 48.9 Å². The number of aromatic nitrogens is 2. The van der Waals surface area contributed by atoms with E-state index in [0.717, 1.165) is 47.2 Å². The second kappa shape index (κ2) is 10.5. The molecule has 3 aromatic rings. The molecule has 1 aromatic carbocycles. The van der Waals surface area contributed by atoms with Gasteiger partial charge in [-0.25, -0.2) is 4.98 Å². The van der Waals surface area contributed by atoms with Crippen LogP contribution in [0.2, 0.25) is 0 Å². The van der Waals surface area contributed by atoms with E-state index in [0.29, 0.717) is 24.9 Å². The summed E-state index contributed by atoms with van der Waals surface area (Å²) in [5, 5.41) is 4.25. The average molecular weight is 474 g/mol. The van der Waals surface area contributed by atoms with Gasteiger partial charge in [-0.15, -0.1) is 11.3 Å². The molecule has 9 heteroatoms. The molecule has 0 radical (unpaired) electrons. The Morgan fingerprint density at radius 1 is 1.22 bits per heavy atom. The maximum Gasteiger partial charge on any atom is 0.263 e. The largest absolute Gasteiger partial charge is 0.497 e. The van der Waals surface area contributed by atoms with Crippen molar-refractivity contribution >= 4 is 39.2 Å². The monoisotopic (exact) mass is 473 g/mol. The predicted molar refractivity (Wildman–Crippen MR) is 128 cm³/mol. The highest BCUT2D eigenvalue weighted by atomic mass is 32.2. The molecule has 32 heavy (non-hydrogen) atoms. The van der Waals surface area contributed by atoms with Gasteiger partial charge in [-0.3, -0.25) is 14.2 Å². The van der Waals surface area contributed by atoms with Gasteiger partial charge in [0.2, 0.25) is 5.91 Å². The molecule has 170 valence electrons. The van der Waals surface area contributed by atoms with Crippen LogP contribution in [0.25, 0.3) is 10.2 Å². The summed E-state index contributed by atoms with van der Waals surface area (Å²) in [7, 11) is 3.24. The minimum atomic E-state index is -0.107. The standard InChI is InChI=1S/C23H27N3O4S2/c1-29-12-11-26-22(28)20-17-5-3-4-6-18(17)32-21(20)25-23(26)31-14-19(27)24-13-15-7-9-16(30-2)10-8-15/h7-10H,3-6,11-14H2,1-2H3,(H,24,27). The number of carbonyl (C=O) groups is 1. The van der Waals surface area contributed by atoms with Gasteiger partial charge in [0, 0.05) is 18.5 Å². The Morgan fingerprint density at radius 3 is 2.75 bits per heavy atom. The molecule has 1 aliphatic carbocycles. The zero-order valence-electron chi connectivity index (χ0n) is 18.3. The molecule has 2 aromatic heterocycles. The number of benzene rings is 1. The molecule has 7 nitrogen and oxygen atoms in total. The Labute approximate surface area is 195 Å². The lowest BCUT2D eigenvalue weighted by atomic mass is 9.97. The van der Waals surface area contributed by atoms with Crippen LogP contribution in [0, 0.1) is 0 Å². The van der Waals surface area contributed by atoms with Crippen LogP contribution >= 0.6 is 23.1 Å². The van der Waals surface area contributed by atoms with Gasteiger partial charge in [0.05, 0.1) is 31.4 Å². The Kier molecular flexibility index (Phi) is 7.49. The van der Waals surface area contributed by atoms with Crippen molar-refractivity contribution in [3.05, 3.63) is 50.6 Å². The summed E-state index contributed by atoms with van der Waals surface area (Å²) in [6.07, 6.45) is 4.23. The molecule has 1 aliphatic rings. The molecule has 0 unspecified atom stereocenters. The minimum absolute atomic E-state index is 0.0207. The predicted octanol–water partition coefficient (Wildman–Crippen LogP) is 3.40. The molecule has 1 amide bonds. The Morgan fingerprint density at radius 2 is 2.00 bits per heavy atom. The number of methoxy groups -OCH3 is 2. The Hall–Kier alpha value is -2.36. The summed E-state index contributed by atoms with van der Waals surface area (Å²) in [6, 6.07) is 7.57. The number of hydrogen-bond donors (Lipinski definition) is 1. The van der Waals surface area contributed by atoms with Crippen molar-refractivity contribution in [2.75, 3.05) is 26.6 Å². The van der Waals surface area contributed by atoms with Crippen molar-refractivity contribution in [1.29, 1.82) is 0 Å². The molecular formula is C23H27N3O4S2. The molecule has 1 N–H and O–H groups in total. The van der Waals surface area contributed by atoms with E-state index in [1.807, 2.05) is 24.3 Å². The second-order valence-electron chi connectivity index (χ2n) is 7.65. The number of thiophene rings is 1. The third-order valence-corrected chi connectivity index (χ3v) is 7.70. The summed E-state index contributed by atoms with van der Waals surface area (Å²) in [6.45, 7) is 1.26. The highest BCUT2D eigenvalue weighted by molar-refractivity contribution is 7.99. The van der Waals surface area contributed by atoms with Gasteiger partial charge >= 0.3 is 0 Å². The third kappa shape index (κ3) is 5.00. The van der Waals surface area contributed by atoms with Gasteiger partial charge < -0.3 is 14.8 Å². The van der Waals surface area contributed by atoms with Crippen molar-refractivity contribution in [3.8, 4) is 5.75 Å². The van der Waals surface area contributed by atoms with E-state index in [2.05, 4.69) is 5.32 Å². The lowest BCUT2D eigenvalue weighted by Gasteiger charge is -2.13. The normalized spacial score (nSPS) is 13.2. The first-order chi connectivity index (χ1) is 15.6. The fourth-order valence-electron chi connectivity index (χ4n) is 3.83. The molecule has 2 heterocycles. The van der Waals surface area contributed by atoms with E-state index in [4.69, 9.17) is 14.5 Å². The number of thioether (sulfide) groups is 1. The van der Waals surface area contributed by atoms with Crippen molar-refractivity contribution in [3.63, 3.8) is 0 Å². The summed E-state index contributed by atoms with van der Waals surface area (Å²) in [4.78, 5) is 32.7. The first kappa shape index (κ1) is 22.8. The van der Waals surface area contributed by atoms with Gasteiger partial charge in [0.25, 0.3) is 5.56 Å². The van der Waals surface area contributed by atoms with E-state index < -0.39 is 0 Å². The quantitative estimate of drug-likeness (QED) is 0.379. The molecule has 0 fully saturated rings. The third-order valence-electron chi connectivity index (χ3n) is 5.54. The number of ether oxygens (including phenoxy) is 2. The van der Waals surface area contributed by atoms with Crippen LogP contribution in [-0.4, -0.2) is 42.0 Å². The summed E-state index contributed by atoms with van der Waals surface area (Å²) < 4.78 is 12.0. The van der Waals surface area contributed by atoms with E-state index in [1.54, 1.807) is 30.1 Å². The number of carbonyl (C=O) groups excluding carboxylic acids is 1. The maximum atomic E-state index is 13.3. The average Bonchev–Trinajstić information content (AvgIpc) is 3.20. The summed E-state index contributed by atoms with van der Waals surface area (Å²) in [5.41, 5.74) is 2.14. The number of amides is 1. The van der Waals surface area contributed by atoms with Crippen molar-refractivity contribution < 1.29 is 14.3 Å². The van der Waals surface area contributed by atoms with Gasteiger partial charge in [0.15, 0.2) is 5.16 Å². The molecular weight excluding hydrogens is 446 g/mol. The number of aryl methyl sites for hydroxylation is 2. The minimum Gasteiger partial charge on any atom is -0.497 e. The Bertz CT molecular complexity index is 1150. The number of hydrogen-bond acceptors (Lipinski definition) is 7. The van der Waals surface area contributed by atoms with Gasteiger partial charge in [0.1, 0.15) is 10.6 Å². The van der Waals surface area contributed by atoms with Crippen LogP contribution in [0.5, 0.6) is 5.75 Å². The molecule has 0 saturated heterocycles. The number of fused-ring (bicyclic) bond motifs is 3. The highest BCUT2D eigenvalue weighted by Gasteiger charge is 2.22. The van der Waals surface area contributed by atoms with Crippen molar-refractivity contribution in [2.45, 2.75) is 43.9 Å². The first-order valence-corrected chi connectivity index (χ1v) is 12.5. The molecule has 0 atom stereocenters. The van der Waals surface area contributed by atoms with Crippen LogP contribution < -0.4 is 15.6 Å². The van der Waals surface area contributed by atoms with E-state index in [-0.39, 0.29) is 17.2 Å². The van der Waals surface area contributed by atoms with Crippen LogP contribution in [0.4, 0.5) is 0 Å². The van der Waals surface area contributed by atoms with Crippen LogP contribution in [-0.2, 0) is 35.5 Å². The SMILES string of the molecule is COCCn1c(SCC(=O)NCc2ccc(OC)cc2)nc2sc3c(c2c1=O)CCCC3. The highest BCUT2D eigenvalue weighted by Crippen LogP contribution is 2.34. The zero-order valence-corrected chi connectivity index (χ0v) is 19.9. The number of rotatable bonds is 9. The molecule has 0 saturated carbocycles. The van der Waals surface area contributed by atoms with Crippen molar-refractivity contribution in [1.82, 2.24) is 14.9 Å². The zero-order chi connectivity index (χ0) is 22.5. The fraction of sp³-hybridized carbons (Fsp3) is 0.435. The van der Waals surface area contributed by atoms with Crippen LogP contribution in [0.15, 0.2) is 34.2 Å². The number of nitrogens with zero attached hydrogens (tertiary/aromatic N) is 2. The lowest BCUT2D eigenvalue weighted by molar-refractivity contribution is -0.118. The van der Waals surface area contributed by atoms with E-state index in [1.165, 1.54) is 22.2 Å². The summed E-state index contributed by atoms with van der Waals surface area (Å²) in [5.74, 6) is 0.858. The van der Waals surface area contributed by atoms with Gasteiger partial charge in [-0.2, -0.15) is 0 Å². The lowest BCUT2D eigenvalue weighted by Crippen LogP contribution is -2.27. The summed E-state index contributed by atoms with van der Waals surface area (Å²) >= 11 is 2.92. The molecule has 0 bridgehead atoms. The smallest absolute Gasteiger partial charge is 0.263 e. The fourth-order valence-corrected chi connectivity index (χ4v) is 5.99. The molecule has 0 spiro atoms. The topological polar surface area (TPSA) is 82.4 Å². The molecule has 0 aliphatic heterocycles. The number of nitrogens with one attached hydrogen (secondary N) is 1. The molecule has 4 rings (SSSR count). The van der Waals surface area contributed by atoms with Crippen LogP contribution in [0.1, 0.15) is 28.8 Å². The second-order valence-corrected chi connectivity index (χ2v) is 9.67. The van der Waals surface area contributed by atoms with Crippen LogP contribution in [0.3, 0.4) is 0 Å². The maximum absolute atomic E-state index is 13.3. The first-order valence-electron chi connectivity index (χ1n) is 10.7. The Balaban J connectivity index is 1.49. The van der Waals surface area contributed by atoms with E-state index in [9.17, 15) is 9.59 Å².